The summed E-state index contributed by atoms with van der Waals surface area (Å²) < 4.78 is 27.4. The van der Waals surface area contributed by atoms with E-state index in [4.69, 9.17) is 0 Å². The summed E-state index contributed by atoms with van der Waals surface area (Å²) in [4.78, 5) is 12.0. The number of hydrogen-bond donors (Lipinski definition) is 2. The van der Waals surface area contributed by atoms with Crippen molar-refractivity contribution in [2.75, 3.05) is 11.3 Å². The Bertz CT molecular complexity index is 784. The number of rotatable bonds is 6. The maximum absolute atomic E-state index is 12.4. The molecule has 6 heteroatoms. The number of carbonyl (C=O) groups is 1. The van der Waals surface area contributed by atoms with Crippen LogP contribution in [0.4, 0.5) is 5.69 Å². The van der Waals surface area contributed by atoms with Crippen molar-refractivity contribution in [3.05, 3.63) is 59.7 Å². The standard InChI is InChI=1S/C17H20N2O3S/c1-3-11-18-17(20)14-5-4-6-16(12-14)23(21,22)19-15-9-7-13(2)8-10-15/h4-10,12,19H,3,11H2,1-2H3,(H,18,20). The number of hydrogen-bond acceptors (Lipinski definition) is 3. The van der Waals surface area contributed by atoms with Crippen LogP contribution in [0.1, 0.15) is 29.3 Å². The molecule has 2 aromatic carbocycles. The van der Waals surface area contributed by atoms with Gasteiger partial charge in [-0.05, 0) is 43.7 Å². The fourth-order valence-corrected chi connectivity index (χ4v) is 3.08. The molecule has 0 unspecified atom stereocenters. The maximum Gasteiger partial charge on any atom is 0.261 e. The molecule has 0 fully saturated rings. The summed E-state index contributed by atoms with van der Waals surface area (Å²) >= 11 is 0. The van der Waals surface area contributed by atoms with E-state index in [1.807, 2.05) is 26.0 Å². The smallest absolute Gasteiger partial charge is 0.261 e. The van der Waals surface area contributed by atoms with E-state index < -0.39 is 10.0 Å². The van der Waals surface area contributed by atoms with Crippen LogP contribution in [0, 0.1) is 6.92 Å². The van der Waals surface area contributed by atoms with E-state index in [1.54, 1.807) is 24.3 Å². The molecule has 23 heavy (non-hydrogen) atoms. The highest BCUT2D eigenvalue weighted by Crippen LogP contribution is 2.17. The fourth-order valence-electron chi connectivity index (χ4n) is 1.98. The second-order valence-corrected chi connectivity index (χ2v) is 6.94. The number of nitrogens with one attached hydrogen (secondary N) is 2. The molecule has 2 N–H and O–H groups in total. The van der Waals surface area contributed by atoms with Crippen LogP contribution in [0.15, 0.2) is 53.4 Å². The van der Waals surface area contributed by atoms with Gasteiger partial charge in [0.2, 0.25) is 0 Å². The van der Waals surface area contributed by atoms with Gasteiger partial charge in [0.05, 0.1) is 4.90 Å². The third-order valence-corrected chi connectivity index (χ3v) is 4.62. The van der Waals surface area contributed by atoms with Gasteiger partial charge in [0.25, 0.3) is 15.9 Å². The van der Waals surface area contributed by atoms with Crippen molar-refractivity contribution < 1.29 is 13.2 Å². The molecule has 0 spiro atoms. The van der Waals surface area contributed by atoms with Crippen LogP contribution in [0.25, 0.3) is 0 Å². The van der Waals surface area contributed by atoms with Gasteiger partial charge in [-0.1, -0.05) is 30.7 Å². The third-order valence-electron chi connectivity index (χ3n) is 3.25. The van der Waals surface area contributed by atoms with Crippen LogP contribution in [0.3, 0.4) is 0 Å². The molecular weight excluding hydrogens is 312 g/mol. The number of benzene rings is 2. The number of amides is 1. The molecular formula is C17H20N2O3S. The van der Waals surface area contributed by atoms with Crippen molar-refractivity contribution in [2.24, 2.45) is 0 Å². The molecule has 5 nitrogen and oxygen atoms in total. The van der Waals surface area contributed by atoms with Crippen LogP contribution in [0.5, 0.6) is 0 Å². The Morgan fingerprint density at radius 2 is 1.78 bits per heavy atom. The molecule has 0 saturated heterocycles. The molecule has 0 aliphatic rings. The van der Waals surface area contributed by atoms with Gasteiger partial charge in [0, 0.05) is 17.8 Å². The quantitative estimate of drug-likeness (QED) is 0.854. The van der Waals surface area contributed by atoms with Crippen LogP contribution >= 0.6 is 0 Å². The molecule has 0 aliphatic heterocycles. The Hall–Kier alpha value is -2.34. The van der Waals surface area contributed by atoms with Crippen LogP contribution in [0.2, 0.25) is 0 Å². The molecule has 0 radical (unpaired) electrons. The highest BCUT2D eigenvalue weighted by atomic mass is 32.2. The van der Waals surface area contributed by atoms with E-state index in [0.717, 1.165) is 12.0 Å². The lowest BCUT2D eigenvalue weighted by atomic mass is 10.2. The summed E-state index contributed by atoms with van der Waals surface area (Å²) in [7, 11) is -3.73. The van der Waals surface area contributed by atoms with Crippen molar-refractivity contribution in [1.29, 1.82) is 0 Å². The molecule has 2 rings (SSSR count). The largest absolute Gasteiger partial charge is 0.352 e. The van der Waals surface area contributed by atoms with Crippen molar-refractivity contribution in [3.63, 3.8) is 0 Å². The Morgan fingerprint density at radius 3 is 2.43 bits per heavy atom. The molecule has 0 bridgehead atoms. The minimum Gasteiger partial charge on any atom is -0.352 e. The monoisotopic (exact) mass is 332 g/mol. The lowest BCUT2D eigenvalue weighted by molar-refractivity contribution is 0.0953. The fraction of sp³-hybridized carbons (Fsp3) is 0.235. The summed E-state index contributed by atoms with van der Waals surface area (Å²) in [6.07, 6.45) is 0.818. The number of carbonyl (C=O) groups excluding carboxylic acids is 1. The maximum atomic E-state index is 12.4. The van der Waals surface area contributed by atoms with Gasteiger partial charge in [0.15, 0.2) is 0 Å². The lowest BCUT2D eigenvalue weighted by Gasteiger charge is -2.10. The van der Waals surface area contributed by atoms with Crippen LogP contribution in [-0.4, -0.2) is 20.9 Å². The van der Waals surface area contributed by atoms with E-state index in [1.165, 1.54) is 12.1 Å². The average molecular weight is 332 g/mol. The first kappa shape index (κ1) is 17.0. The van der Waals surface area contributed by atoms with Gasteiger partial charge in [-0.25, -0.2) is 8.42 Å². The van der Waals surface area contributed by atoms with Gasteiger partial charge in [-0.3, -0.25) is 9.52 Å². The van der Waals surface area contributed by atoms with Crippen molar-refractivity contribution in [2.45, 2.75) is 25.2 Å². The van der Waals surface area contributed by atoms with Crippen LogP contribution < -0.4 is 10.0 Å². The zero-order chi connectivity index (χ0) is 16.9. The Labute approximate surface area is 136 Å². The van der Waals surface area contributed by atoms with Gasteiger partial charge < -0.3 is 5.32 Å². The first-order valence-corrected chi connectivity index (χ1v) is 8.88. The summed E-state index contributed by atoms with van der Waals surface area (Å²) in [5.74, 6) is -0.278. The molecule has 122 valence electrons. The van der Waals surface area contributed by atoms with E-state index in [0.29, 0.717) is 17.8 Å². The predicted molar refractivity (Wildman–Crippen MR) is 91.1 cm³/mol. The second kappa shape index (κ2) is 7.28. The van der Waals surface area contributed by atoms with Gasteiger partial charge in [-0.15, -0.1) is 0 Å². The van der Waals surface area contributed by atoms with Gasteiger partial charge >= 0.3 is 0 Å². The summed E-state index contributed by atoms with van der Waals surface area (Å²) in [5.41, 5.74) is 1.85. The molecule has 2 aromatic rings. The number of anilines is 1. The highest BCUT2D eigenvalue weighted by Gasteiger charge is 2.16. The summed E-state index contributed by atoms with van der Waals surface area (Å²) in [6, 6.07) is 13.0. The molecule has 0 atom stereocenters. The Kier molecular flexibility index (Phi) is 5.39. The zero-order valence-electron chi connectivity index (χ0n) is 13.2. The predicted octanol–water partition coefficient (Wildman–Crippen LogP) is 2.94. The van der Waals surface area contributed by atoms with Gasteiger partial charge in [0.1, 0.15) is 0 Å². The first-order chi connectivity index (χ1) is 10.9. The summed E-state index contributed by atoms with van der Waals surface area (Å²) in [6.45, 7) is 4.43. The van der Waals surface area contributed by atoms with Crippen molar-refractivity contribution in [3.8, 4) is 0 Å². The summed E-state index contributed by atoms with van der Waals surface area (Å²) in [5, 5.41) is 2.73. The van der Waals surface area contributed by atoms with E-state index in [-0.39, 0.29) is 10.8 Å². The Morgan fingerprint density at radius 1 is 1.09 bits per heavy atom. The minimum atomic E-state index is -3.73. The van der Waals surface area contributed by atoms with E-state index in [9.17, 15) is 13.2 Å². The molecule has 0 aliphatic carbocycles. The minimum absolute atomic E-state index is 0.0576. The molecule has 0 aromatic heterocycles. The highest BCUT2D eigenvalue weighted by molar-refractivity contribution is 7.92. The Balaban J connectivity index is 2.22. The molecule has 0 saturated carbocycles. The van der Waals surface area contributed by atoms with E-state index >= 15 is 0 Å². The van der Waals surface area contributed by atoms with Crippen molar-refractivity contribution in [1.82, 2.24) is 5.32 Å². The van der Waals surface area contributed by atoms with Crippen molar-refractivity contribution >= 4 is 21.6 Å². The third kappa shape index (κ3) is 4.56. The average Bonchev–Trinajstić information content (AvgIpc) is 2.54. The molecule has 1 amide bonds. The topological polar surface area (TPSA) is 75.3 Å². The van der Waals surface area contributed by atoms with E-state index in [2.05, 4.69) is 10.0 Å². The normalized spacial score (nSPS) is 11.0. The SMILES string of the molecule is CCCNC(=O)c1cccc(S(=O)(=O)Nc2ccc(C)cc2)c1. The van der Waals surface area contributed by atoms with Gasteiger partial charge in [-0.2, -0.15) is 0 Å². The van der Waals surface area contributed by atoms with Crippen LogP contribution in [-0.2, 0) is 10.0 Å². The number of aryl methyl sites for hydroxylation is 1. The first-order valence-electron chi connectivity index (χ1n) is 7.40. The second-order valence-electron chi connectivity index (χ2n) is 5.26. The zero-order valence-corrected chi connectivity index (χ0v) is 14.0. The molecule has 0 heterocycles. The number of sulfonamides is 1. The lowest BCUT2D eigenvalue weighted by Crippen LogP contribution is -2.24.